The number of nitrogens with one attached hydrogen (secondary N) is 1. The first kappa shape index (κ1) is 20.5. The standard InChI is InChI=1S/C18H14BrF3N6OS/c1-9-10(8-24-27(9)2)7-23-17(29)15-14(19)16-25-11(12-4-3-5-30-12)6-13(18(20,21)22)28(16)26-15/h3-6,8H,7H2,1-2H3,(H,23,29). The van der Waals surface area contributed by atoms with Crippen LogP contribution in [0.2, 0.25) is 0 Å². The monoisotopic (exact) mass is 498 g/mol. The summed E-state index contributed by atoms with van der Waals surface area (Å²) in [6, 6.07) is 4.33. The second kappa shape index (κ2) is 7.51. The summed E-state index contributed by atoms with van der Waals surface area (Å²) in [5.41, 5.74) is 0.529. The van der Waals surface area contributed by atoms with Crippen LogP contribution in [0.4, 0.5) is 13.2 Å². The third-order valence-electron chi connectivity index (χ3n) is 4.59. The summed E-state index contributed by atoms with van der Waals surface area (Å²) in [6.45, 7) is 2.01. The van der Waals surface area contributed by atoms with Crippen molar-refractivity contribution in [2.24, 2.45) is 7.05 Å². The smallest absolute Gasteiger partial charge is 0.346 e. The summed E-state index contributed by atoms with van der Waals surface area (Å²) in [5, 5.41) is 12.4. The van der Waals surface area contributed by atoms with Gasteiger partial charge in [-0.25, -0.2) is 9.50 Å². The number of amides is 1. The molecule has 1 N–H and O–H groups in total. The Balaban J connectivity index is 1.75. The predicted molar refractivity (Wildman–Crippen MR) is 108 cm³/mol. The molecule has 0 bridgehead atoms. The molecule has 0 spiro atoms. The zero-order valence-electron chi connectivity index (χ0n) is 15.7. The minimum absolute atomic E-state index is 0.0871. The molecule has 156 valence electrons. The Labute approximate surface area is 180 Å². The molecule has 0 aliphatic heterocycles. The molecule has 4 rings (SSSR count). The van der Waals surface area contributed by atoms with Crippen molar-refractivity contribution in [2.45, 2.75) is 19.6 Å². The molecule has 0 saturated heterocycles. The number of carbonyl (C=O) groups excluding carboxylic acids is 1. The van der Waals surface area contributed by atoms with Gasteiger partial charge in [0.2, 0.25) is 0 Å². The van der Waals surface area contributed by atoms with Crippen LogP contribution in [0, 0.1) is 6.92 Å². The molecule has 0 saturated carbocycles. The molecule has 30 heavy (non-hydrogen) atoms. The number of rotatable bonds is 4. The highest BCUT2D eigenvalue weighted by Crippen LogP contribution is 2.35. The maximum Gasteiger partial charge on any atom is 0.433 e. The van der Waals surface area contributed by atoms with Crippen molar-refractivity contribution in [1.29, 1.82) is 0 Å². The number of fused-ring (bicyclic) bond motifs is 1. The van der Waals surface area contributed by atoms with Gasteiger partial charge in [-0.2, -0.15) is 23.4 Å². The topological polar surface area (TPSA) is 77.1 Å². The molecule has 7 nitrogen and oxygen atoms in total. The van der Waals surface area contributed by atoms with E-state index in [1.54, 1.807) is 35.4 Å². The number of carbonyl (C=O) groups is 1. The zero-order chi connectivity index (χ0) is 21.6. The van der Waals surface area contributed by atoms with E-state index in [1.807, 2.05) is 6.92 Å². The highest BCUT2D eigenvalue weighted by Gasteiger charge is 2.36. The molecule has 1 amide bonds. The van der Waals surface area contributed by atoms with E-state index in [4.69, 9.17) is 0 Å². The fourth-order valence-electron chi connectivity index (χ4n) is 2.87. The predicted octanol–water partition coefficient (Wildman–Crippen LogP) is 4.21. The van der Waals surface area contributed by atoms with Crippen LogP contribution in [0.1, 0.15) is 27.4 Å². The maximum atomic E-state index is 13.7. The number of nitrogens with zero attached hydrogens (tertiary/aromatic N) is 5. The highest BCUT2D eigenvalue weighted by atomic mass is 79.9. The highest BCUT2D eigenvalue weighted by molar-refractivity contribution is 9.10. The molecule has 0 radical (unpaired) electrons. The van der Waals surface area contributed by atoms with E-state index in [9.17, 15) is 18.0 Å². The Bertz CT molecular complexity index is 1250. The summed E-state index contributed by atoms with van der Waals surface area (Å²) < 4.78 is 43.5. The van der Waals surface area contributed by atoms with Crippen molar-refractivity contribution in [3.05, 3.63) is 56.9 Å². The number of thiophene rings is 1. The zero-order valence-corrected chi connectivity index (χ0v) is 18.1. The molecule has 4 aromatic heterocycles. The molecule has 12 heteroatoms. The van der Waals surface area contributed by atoms with Crippen LogP contribution in [-0.4, -0.2) is 30.3 Å². The van der Waals surface area contributed by atoms with Gasteiger partial charge in [-0.3, -0.25) is 9.48 Å². The van der Waals surface area contributed by atoms with E-state index in [2.05, 4.69) is 36.4 Å². The lowest BCUT2D eigenvalue weighted by Crippen LogP contribution is -2.24. The molecule has 0 aromatic carbocycles. The van der Waals surface area contributed by atoms with Gasteiger partial charge in [-0.05, 0) is 40.4 Å². The summed E-state index contributed by atoms with van der Waals surface area (Å²) in [7, 11) is 1.77. The van der Waals surface area contributed by atoms with Gasteiger partial charge in [0.05, 0.1) is 21.2 Å². The van der Waals surface area contributed by atoms with E-state index >= 15 is 0 Å². The normalized spacial score (nSPS) is 11.9. The fraction of sp³-hybridized carbons (Fsp3) is 0.222. The fourth-order valence-corrected chi connectivity index (χ4v) is 4.07. The molecule has 0 aliphatic carbocycles. The summed E-state index contributed by atoms with van der Waals surface area (Å²) >= 11 is 4.48. The molecule has 0 fully saturated rings. The maximum absolute atomic E-state index is 13.7. The van der Waals surface area contributed by atoms with E-state index in [0.717, 1.165) is 17.3 Å². The van der Waals surface area contributed by atoms with E-state index in [0.29, 0.717) is 9.39 Å². The number of halogens is 4. The minimum Gasteiger partial charge on any atom is -0.346 e. The van der Waals surface area contributed by atoms with Gasteiger partial charge < -0.3 is 5.32 Å². The average molecular weight is 499 g/mol. The second-order valence-corrected chi connectivity index (χ2v) is 8.20. The van der Waals surface area contributed by atoms with E-state index in [-0.39, 0.29) is 28.1 Å². The molecule has 4 aromatic rings. The van der Waals surface area contributed by atoms with Gasteiger partial charge in [0.1, 0.15) is 0 Å². The summed E-state index contributed by atoms with van der Waals surface area (Å²) in [6.07, 6.45) is -3.07. The number of aromatic nitrogens is 5. The third kappa shape index (κ3) is 3.60. The van der Waals surface area contributed by atoms with Crippen LogP contribution in [-0.2, 0) is 19.8 Å². The number of hydrogen-bond acceptors (Lipinski definition) is 5. The molecule has 0 aliphatic rings. The summed E-state index contributed by atoms with van der Waals surface area (Å²) in [4.78, 5) is 17.5. The number of hydrogen-bond donors (Lipinski definition) is 1. The van der Waals surface area contributed by atoms with Crippen molar-refractivity contribution in [3.8, 4) is 10.6 Å². The Hall–Kier alpha value is -2.73. The van der Waals surface area contributed by atoms with Crippen LogP contribution in [0.15, 0.2) is 34.2 Å². The van der Waals surface area contributed by atoms with Crippen LogP contribution < -0.4 is 5.32 Å². The first-order valence-corrected chi connectivity index (χ1v) is 10.3. The van der Waals surface area contributed by atoms with Crippen molar-refractivity contribution in [1.82, 2.24) is 29.7 Å². The van der Waals surface area contributed by atoms with Crippen molar-refractivity contribution in [2.75, 3.05) is 0 Å². The van der Waals surface area contributed by atoms with Gasteiger partial charge in [-0.1, -0.05) is 6.07 Å². The van der Waals surface area contributed by atoms with Crippen molar-refractivity contribution < 1.29 is 18.0 Å². The van der Waals surface area contributed by atoms with Gasteiger partial charge in [0, 0.05) is 24.8 Å². The van der Waals surface area contributed by atoms with Gasteiger partial charge in [0.15, 0.2) is 17.0 Å². The minimum atomic E-state index is -4.68. The van der Waals surface area contributed by atoms with E-state index < -0.39 is 17.8 Å². The lowest BCUT2D eigenvalue weighted by atomic mass is 10.2. The SMILES string of the molecule is Cc1c(CNC(=O)c2nn3c(C(F)(F)F)cc(-c4cccs4)nc3c2Br)cnn1C. The first-order chi connectivity index (χ1) is 14.2. The Morgan fingerprint density at radius 2 is 2.13 bits per heavy atom. The van der Waals surface area contributed by atoms with Crippen molar-refractivity contribution >= 4 is 38.8 Å². The van der Waals surface area contributed by atoms with Crippen molar-refractivity contribution in [3.63, 3.8) is 0 Å². The molecule has 4 heterocycles. The van der Waals surface area contributed by atoms with Crippen LogP contribution >= 0.6 is 27.3 Å². The average Bonchev–Trinajstić information content (AvgIpc) is 3.41. The Morgan fingerprint density at radius 3 is 2.73 bits per heavy atom. The first-order valence-electron chi connectivity index (χ1n) is 8.63. The lowest BCUT2D eigenvalue weighted by molar-refractivity contribution is -0.142. The molecule has 0 unspecified atom stereocenters. The Kier molecular flexibility index (Phi) is 5.14. The van der Waals surface area contributed by atoms with Gasteiger partial charge >= 0.3 is 6.18 Å². The Morgan fingerprint density at radius 1 is 1.37 bits per heavy atom. The van der Waals surface area contributed by atoms with Crippen LogP contribution in [0.5, 0.6) is 0 Å². The van der Waals surface area contributed by atoms with Crippen LogP contribution in [0.25, 0.3) is 16.2 Å². The number of alkyl halides is 3. The molecular weight excluding hydrogens is 485 g/mol. The lowest BCUT2D eigenvalue weighted by Gasteiger charge is -2.10. The van der Waals surface area contributed by atoms with Crippen LogP contribution in [0.3, 0.4) is 0 Å². The summed E-state index contributed by atoms with van der Waals surface area (Å²) in [5.74, 6) is -0.624. The van der Waals surface area contributed by atoms with Gasteiger partial charge in [0.25, 0.3) is 5.91 Å². The largest absolute Gasteiger partial charge is 0.433 e. The molecular formula is C18H14BrF3N6OS. The third-order valence-corrected chi connectivity index (χ3v) is 6.21. The number of aryl methyl sites for hydroxylation is 1. The second-order valence-electron chi connectivity index (χ2n) is 6.46. The quantitative estimate of drug-likeness (QED) is 0.457. The van der Waals surface area contributed by atoms with E-state index in [1.165, 1.54) is 11.3 Å². The molecule has 0 atom stereocenters. The van der Waals surface area contributed by atoms with Gasteiger partial charge in [-0.15, -0.1) is 11.3 Å².